The number of hydrogen-bond acceptors (Lipinski definition) is 5. The van der Waals surface area contributed by atoms with Gasteiger partial charge in [-0.2, -0.15) is 0 Å². The van der Waals surface area contributed by atoms with E-state index in [1.807, 2.05) is 0 Å². The molecule has 0 saturated heterocycles. The second kappa shape index (κ2) is 6.36. The molecular weight excluding hydrogens is 304 g/mol. The molecular formula is C12H13ClN2O4S. The SMILES string of the molecule is O=S(=O)(Cc1ccon1)NC(CO)c1ccc(Cl)cc1. The minimum Gasteiger partial charge on any atom is -0.394 e. The highest BCUT2D eigenvalue weighted by atomic mass is 35.5. The fraction of sp³-hybridized carbons (Fsp3) is 0.250. The minimum atomic E-state index is -3.64. The number of aromatic nitrogens is 1. The molecule has 6 nitrogen and oxygen atoms in total. The van der Waals surface area contributed by atoms with E-state index in [0.717, 1.165) is 0 Å². The maximum Gasteiger partial charge on any atom is 0.218 e. The molecule has 1 atom stereocenters. The van der Waals surface area contributed by atoms with Crippen molar-refractivity contribution >= 4 is 21.6 Å². The molecule has 2 rings (SSSR count). The van der Waals surface area contributed by atoms with Crippen LogP contribution in [0.1, 0.15) is 17.3 Å². The summed E-state index contributed by atoms with van der Waals surface area (Å²) in [5, 5.41) is 13.4. The summed E-state index contributed by atoms with van der Waals surface area (Å²) < 4.78 is 31.0. The van der Waals surface area contributed by atoms with Crippen LogP contribution in [0.25, 0.3) is 0 Å². The lowest BCUT2D eigenvalue weighted by Crippen LogP contribution is -2.31. The zero-order valence-corrected chi connectivity index (χ0v) is 11.9. The third-order valence-corrected chi connectivity index (χ3v) is 4.18. The fourth-order valence-corrected chi connectivity index (χ4v) is 3.06. The molecule has 0 bridgehead atoms. The molecule has 2 aromatic rings. The second-order valence-electron chi connectivity index (χ2n) is 4.15. The lowest BCUT2D eigenvalue weighted by atomic mass is 10.1. The van der Waals surface area contributed by atoms with Gasteiger partial charge in [-0.1, -0.05) is 28.9 Å². The van der Waals surface area contributed by atoms with Crippen LogP contribution in [0, 0.1) is 0 Å². The summed E-state index contributed by atoms with van der Waals surface area (Å²) in [4.78, 5) is 0. The molecule has 8 heteroatoms. The molecule has 0 aliphatic carbocycles. The van der Waals surface area contributed by atoms with Gasteiger partial charge in [-0.25, -0.2) is 13.1 Å². The predicted molar refractivity (Wildman–Crippen MR) is 73.5 cm³/mol. The number of nitrogens with zero attached hydrogens (tertiary/aromatic N) is 1. The summed E-state index contributed by atoms with van der Waals surface area (Å²) in [6.07, 6.45) is 1.30. The van der Waals surface area contributed by atoms with Gasteiger partial charge < -0.3 is 9.63 Å². The van der Waals surface area contributed by atoms with E-state index >= 15 is 0 Å². The summed E-state index contributed by atoms with van der Waals surface area (Å²) in [5.74, 6) is -0.312. The summed E-state index contributed by atoms with van der Waals surface area (Å²) in [7, 11) is -3.64. The van der Waals surface area contributed by atoms with Crippen LogP contribution < -0.4 is 4.72 Å². The van der Waals surface area contributed by atoms with E-state index in [0.29, 0.717) is 16.3 Å². The van der Waals surface area contributed by atoms with Crippen molar-refractivity contribution in [1.29, 1.82) is 0 Å². The normalized spacial score (nSPS) is 13.3. The van der Waals surface area contributed by atoms with Crippen molar-refractivity contribution < 1.29 is 18.0 Å². The third kappa shape index (κ3) is 4.04. The van der Waals surface area contributed by atoms with E-state index in [-0.39, 0.29) is 12.4 Å². The van der Waals surface area contributed by atoms with Crippen molar-refractivity contribution in [1.82, 2.24) is 9.88 Å². The predicted octanol–water partition coefficient (Wildman–Crippen LogP) is 1.48. The molecule has 2 N–H and O–H groups in total. The number of rotatable bonds is 6. The summed E-state index contributed by atoms with van der Waals surface area (Å²) in [6, 6.07) is 7.31. The fourth-order valence-electron chi connectivity index (χ4n) is 1.67. The number of aliphatic hydroxyl groups is 1. The molecule has 0 amide bonds. The summed E-state index contributed by atoms with van der Waals surface area (Å²) >= 11 is 5.77. The van der Waals surface area contributed by atoms with Gasteiger partial charge >= 0.3 is 0 Å². The number of aliphatic hydroxyl groups excluding tert-OH is 1. The molecule has 0 aliphatic heterocycles. The first-order valence-electron chi connectivity index (χ1n) is 5.76. The number of benzene rings is 1. The Balaban J connectivity index is 2.11. The van der Waals surface area contributed by atoms with Gasteiger partial charge in [0.25, 0.3) is 0 Å². The van der Waals surface area contributed by atoms with Crippen LogP contribution in [0.15, 0.2) is 41.1 Å². The maximum absolute atomic E-state index is 12.0. The average molecular weight is 317 g/mol. The number of halogens is 1. The molecule has 0 fully saturated rings. The highest BCUT2D eigenvalue weighted by molar-refractivity contribution is 7.88. The molecule has 1 unspecified atom stereocenters. The molecule has 20 heavy (non-hydrogen) atoms. The van der Waals surface area contributed by atoms with Crippen LogP contribution in [0.5, 0.6) is 0 Å². The molecule has 0 radical (unpaired) electrons. The molecule has 0 aliphatic rings. The lowest BCUT2D eigenvalue weighted by molar-refractivity contribution is 0.259. The molecule has 1 aromatic heterocycles. The van der Waals surface area contributed by atoms with E-state index in [1.54, 1.807) is 24.3 Å². The third-order valence-electron chi connectivity index (χ3n) is 2.61. The highest BCUT2D eigenvalue weighted by Gasteiger charge is 2.20. The first kappa shape index (κ1) is 15.0. The Morgan fingerprint density at radius 1 is 1.30 bits per heavy atom. The van der Waals surface area contributed by atoms with Crippen LogP contribution in [-0.2, 0) is 15.8 Å². The van der Waals surface area contributed by atoms with E-state index < -0.39 is 16.1 Å². The zero-order chi connectivity index (χ0) is 14.6. The highest BCUT2D eigenvalue weighted by Crippen LogP contribution is 2.17. The van der Waals surface area contributed by atoms with Gasteiger partial charge in [-0.3, -0.25) is 0 Å². The van der Waals surface area contributed by atoms with E-state index in [9.17, 15) is 13.5 Å². The Kier molecular flexibility index (Phi) is 4.77. The van der Waals surface area contributed by atoms with Crippen molar-refractivity contribution in [3.8, 4) is 0 Å². The molecule has 0 spiro atoms. The zero-order valence-electron chi connectivity index (χ0n) is 10.4. The van der Waals surface area contributed by atoms with E-state index in [2.05, 4.69) is 14.4 Å². The van der Waals surface area contributed by atoms with Crippen molar-refractivity contribution in [3.05, 3.63) is 52.9 Å². The van der Waals surface area contributed by atoms with Crippen LogP contribution >= 0.6 is 11.6 Å². The Morgan fingerprint density at radius 2 is 2.00 bits per heavy atom. The van der Waals surface area contributed by atoms with Crippen molar-refractivity contribution in [2.24, 2.45) is 0 Å². The van der Waals surface area contributed by atoms with E-state index in [1.165, 1.54) is 12.3 Å². The number of hydrogen-bond donors (Lipinski definition) is 2. The van der Waals surface area contributed by atoms with Crippen LogP contribution in [0.2, 0.25) is 5.02 Å². The molecule has 0 saturated carbocycles. The van der Waals surface area contributed by atoms with Gasteiger partial charge in [0.1, 0.15) is 12.0 Å². The molecule has 1 aromatic carbocycles. The van der Waals surface area contributed by atoms with Gasteiger partial charge in [0.2, 0.25) is 10.0 Å². The van der Waals surface area contributed by atoms with E-state index in [4.69, 9.17) is 11.6 Å². The Bertz CT molecular complexity index is 641. The average Bonchev–Trinajstić information content (AvgIpc) is 2.89. The molecule has 108 valence electrons. The van der Waals surface area contributed by atoms with Gasteiger partial charge in [0.15, 0.2) is 0 Å². The largest absolute Gasteiger partial charge is 0.394 e. The van der Waals surface area contributed by atoms with Crippen molar-refractivity contribution in [2.75, 3.05) is 6.61 Å². The lowest BCUT2D eigenvalue weighted by Gasteiger charge is -2.16. The topological polar surface area (TPSA) is 92.4 Å². The van der Waals surface area contributed by atoms with Gasteiger partial charge in [0, 0.05) is 11.1 Å². The van der Waals surface area contributed by atoms with Gasteiger partial charge in [-0.15, -0.1) is 0 Å². The van der Waals surface area contributed by atoms with Crippen LogP contribution in [-0.4, -0.2) is 25.3 Å². The smallest absolute Gasteiger partial charge is 0.218 e. The van der Waals surface area contributed by atoms with Crippen molar-refractivity contribution in [2.45, 2.75) is 11.8 Å². The maximum atomic E-state index is 12.0. The second-order valence-corrected chi connectivity index (χ2v) is 6.34. The standard InChI is InChI=1S/C12H13ClN2O4S/c13-10-3-1-9(2-4-10)12(7-16)15-20(17,18)8-11-5-6-19-14-11/h1-6,12,15-16H,7-8H2. The summed E-state index contributed by atoms with van der Waals surface area (Å²) in [5.41, 5.74) is 0.922. The van der Waals surface area contributed by atoms with Crippen LogP contribution in [0.3, 0.4) is 0 Å². The molecule has 1 heterocycles. The van der Waals surface area contributed by atoms with Gasteiger partial charge in [-0.05, 0) is 17.7 Å². The minimum absolute atomic E-state index is 0.297. The quantitative estimate of drug-likeness (QED) is 0.842. The Hall–Kier alpha value is -1.41. The monoisotopic (exact) mass is 316 g/mol. The Labute approximate surface area is 121 Å². The Morgan fingerprint density at radius 3 is 2.55 bits per heavy atom. The number of sulfonamides is 1. The van der Waals surface area contributed by atoms with Gasteiger partial charge in [0.05, 0.1) is 18.3 Å². The first-order chi connectivity index (χ1) is 9.50. The van der Waals surface area contributed by atoms with Crippen LogP contribution in [0.4, 0.5) is 0 Å². The van der Waals surface area contributed by atoms with Crippen molar-refractivity contribution in [3.63, 3.8) is 0 Å². The summed E-state index contributed by atoms with van der Waals surface area (Å²) in [6.45, 7) is -0.361. The first-order valence-corrected chi connectivity index (χ1v) is 7.79. The number of nitrogens with one attached hydrogen (secondary N) is 1.